The van der Waals surface area contributed by atoms with E-state index in [-0.39, 0.29) is 16.9 Å². The average Bonchev–Trinajstić information content (AvgIpc) is 2.48. The van der Waals surface area contributed by atoms with Crippen molar-refractivity contribution < 1.29 is 9.59 Å². The number of rotatable bonds is 4. The van der Waals surface area contributed by atoms with E-state index in [1.807, 2.05) is 6.92 Å². The van der Waals surface area contributed by atoms with E-state index in [0.717, 1.165) is 0 Å². The Kier molecular flexibility index (Phi) is 4.50. The van der Waals surface area contributed by atoms with Crippen LogP contribution in [0, 0.1) is 0 Å². The van der Waals surface area contributed by atoms with Gasteiger partial charge in [-0.05, 0) is 31.2 Å². The zero-order valence-electron chi connectivity index (χ0n) is 11.5. The molecule has 0 aliphatic rings. The number of carbonyl (C=O) groups is 2. The summed E-state index contributed by atoms with van der Waals surface area (Å²) in [5, 5.41) is 5.29. The van der Waals surface area contributed by atoms with Crippen molar-refractivity contribution in [2.45, 2.75) is 6.92 Å². The van der Waals surface area contributed by atoms with Crippen LogP contribution in [0.25, 0.3) is 0 Å². The lowest BCUT2D eigenvalue weighted by Gasteiger charge is -2.06. The number of carbonyl (C=O) groups excluding carboxylic acids is 2. The van der Waals surface area contributed by atoms with Gasteiger partial charge in [0.05, 0.1) is 0 Å². The van der Waals surface area contributed by atoms with Gasteiger partial charge in [-0.3, -0.25) is 14.4 Å². The second kappa shape index (κ2) is 6.51. The molecule has 0 atom stereocenters. The van der Waals surface area contributed by atoms with E-state index in [2.05, 4.69) is 15.6 Å². The van der Waals surface area contributed by atoms with Crippen LogP contribution in [-0.2, 0) is 0 Å². The number of benzene rings is 1. The predicted molar refractivity (Wildman–Crippen MR) is 79.5 cm³/mol. The molecule has 3 N–H and O–H groups in total. The highest BCUT2D eigenvalue weighted by atomic mass is 16.2. The summed E-state index contributed by atoms with van der Waals surface area (Å²) in [6.07, 6.45) is 2.81. The molecule has 0 radical (unpaired) electrons. The standard InChI is InChI=1S/C15H15N3O3/c1-2-17-14(20)10-3-5-11(6-4-10)18-15(21)12-9-16-8-7-13(12)19/h3-9H,2H2,1H3,(H,16,19)(H,17,20)(H,18,21). The molecular weight excluding hydrogens is 270 g/mol. The summed E-state index contributed by atoms with van der Waals surface area (Å²) < 4.78 is 0. The van der Waals surface area contributed by atoms with E-state index in [9.17, 15) is 14.4 Å². The van der Waals surface area contributed by atoms with Gasteiger partial charge in [0.15, 0.2) is 5.43 Å². The smallest absolute Gasteiger partial charge is 0.261 e. The summed E-state index contributed by atoms with van der Waals surface area (Å²) in [5.74, 6) is -0.669. The molecule has 1 aromatic carbocycles. The van der Waals surface area contributed by atoms with E-state index in [0.29, 0.717) is 17.8 Å². The largest absolute Gasteiger partial charge is 0.367 e. The van der Waals surface area contributed by atoms with Crippen molar-refractivity contribution in [2.24, 2.45) is 0 Å². The van der Waals surface area contributed by atoms with Crippen molar-refractivity contribution in [1.82, 2.24) is 10.3 Å². The van der Waals surface area contributed by atoms with E-state index in [1.54, 1.807) is 24.3 Å². The predicted octanol–water partition coefficient (Wildman–Crippen LogP) is 1.38. The third-order valence-corrected chi connectivity index (χ3v) is 2.81. The summed E-state index contributed by atoms with van der Waals surface area (Å²) in [6, 6.07) is 7.72. The molecule has 0 spiro atoms. The number of H-pyrrole nitrogens is 1. The van der Waals surface area contributed by atoms with Crippen molar-refractivity contribution in [3.05, 3.63) is 64.1 Å². The van der Waals surface area contributed by atoms with Crippen LogP contribution < -0.4 is 16.1 Å². The van der Waals surface area contributed by atoms with Gasteiger partial charge in [-0.25, -0.2) is 0 Å². The molecule has 0 fully saturated rings. The Morgan fingerprint density at radius 2 is 1.81 bits per heavy atom. The molecule has 108 valence electrons. The van der Waals surface area contributed by atoms with E-state index in [4.69, 9.17) is 0 Å². The van der Waals surface area contributed by atoms with Crippen LogP contribution in [0.3, 0.4) is 0 Å². The highest BCUT2D eigenvalue weighted by molar-refractivity contribution is 6.04. The first-order chi connectivity index (χ1) is 10.1. The van der Waals surface area contributed by atoms with Crippen molar-refractivity contribution in [3.8, 4) is 0 Å². The number of pyridine rings is 1. The molecule has 1 heterocycles. The molecule has 0 unspecified atom stereocenters. The van der Waals surface area contributed by atoms with Crippen LogP contribution in [-0.4, -0.2) is 23.3 Å². The Bertz CT molecular complexity index is 705. The van der Waals surface area contributed by atoms with Gasteiger partial charge in [-0.2, -0.15) is 0 Å². The fraction of sp³-hybridized carbons (Fsp3) is 0.133. The Morgan fingerprint density at radius 3 is 2.43 bits per heavy atom. The molecule has 2 amide bonds. The molecule has 0 saturated carbocycles. The Labute approximate surface area is 121 Å². The fourth-order valence-electron chi connectivity index (χ4n) is 1.76. The van der Waals surface area contributed by atoms with Crippen molar-refractivity contribution in [3.63, 3.8) is 0 Å². The topological polar surface area (TPSA) is 91.1 Å². The first-order valence-corrected chi connectivity index (χ1v) is 6.48. The number of nitrogens with one attached hydrogen (secondary N) is 3. The monoisotopic (exact) mass is 285 g/mol. The maximum Gasteiger partial charge on any atom is 0.261 e. The Balaban J connectivity index is 2.10. The molecule has 2 rings (SSSR count). The van der Waals surface area contributed by atoms with E-state index in [1.165, 1.54) is 18.5 Å². The number of hydrogen-bond donors (Lipinski definition) is 3. The minimum absolute atomic E-state index is 0.0327. The van der Waals surface area contributed by atoms with Gasteiger partial charge in [0.25, 0.3) is 11.8 Å². The third kappa shape index (κ3) is 3.56. The molecule has 6 heteroatoms. The van der Waals surface area contributed by atoms with Gasteiger partial charge in [-0.15, -0.1) is 0 Å². The second-order valence-corrected chi connectivity index (χ2v) is 4.31. The number of anilines is 1. The average molecular weight is 285 g/mol. The van der Waals surface area contributed by atoms with Gasteiger partial charge in [0.2, 0.25) is 0 Å². The zero-order chi connectivity index (χ0) is 15.2. The second-order valence-electron chi connectivity index (χ2n) is 4.31. The quantitative estimate of drug-likeness (QED) is 0.792. The summed E-state index contributed by atoms with van der Waals surface area (Å²) in [4.78, 5) is 37.8. The first-order valence-electron chi connectivity index (χ1n) is 6.48. The maximum atomic E-state index is 11.9. The summed E-state index contributed by atoms with van der Waals surface area (Å²) in [5.41, 5.74) is 0.694. The van der Waals surface area contributed by atoms with Gasteiger partial charge < -0.3 is 15.6 Å². The molecule has 0 aliphatic heterocycles. The van der Waals surface area contributed by atoms with Gasteiger partial charge in [0.1, 0.15) is 5.56 Å². The molecule has 0 saturated heterocycles. The number of aromatic amines is 1. The zero-order valence-corrected chi connectivity index (χ0v) is 11.5. The SMILES string of the molecule is CCNC(=O)c1ccc(NC(=O)c2c[nH]ccc2=O)cc1. The van der Waals surface area contributed by atoms with Crippen LogP contribution in [0.1, 0.15) is 27.6 Å². The summed E-state index contributed by atoms with van der Waals surface area (Å²) in [7, 11) is 0. The minimum Gasteiger partial charge on any atom is -0.367 e. The summed E-state index contributed by atoms with van der Waals surface area (Å²) in [6.45, 7) is 2.39. The number of aromatic nitrogens is 1. The normalized spacial score (nSPS) is 9.95. The van der Waals surface area contributed by atoms with Gasteiger partial charge >= 0.3 is 0 Å². The maximum absolute atomic E-state index is 11.9. The van der Waals surface area contributed by atoms with Crippen molar-refractivity contribution in [2.75, 3.05) is 11.9 Å². The molecule has 6 nitrogen and oxygen atoms in total. The highest BCUT2D eigenvalue weighted by Gasteiger charge is 2.10. The number of hydrogen-bond acceptors (Lipinski definition) is 3. The first kappa shape index (κ1) is 14.5. The minimum atomic E-state index is -0.498. The van der Waals surface area contributed by atoms with E-state index < -0.39 is 5.91 Å². The van der Waals surface area contributed by atoms with Crippen LogP contribution in [0.5, 0.6) is 0 Å². The lowest BCUT2D eigenvalue weighted by molar-refractivity contribution is 0.0955. The molecule has 2 aromatic rings. The molecular formula is C15H15N3O3. The van der Waals surface area contributed by atoms with Gasteiger partial charge in [-0.1, -0.05) is 0 Å². The van der Waals surface area contributed by atoms with Crippen LogP contribution in [0.2, 0.25) is 0 Å². The Hall–Kier alpha value is -2.89. The van der Waals surface area contributed by atoms with E-state index >= 15 is 0 Å². The van der Waals surface area contributed by atoms with Crippen LogP contribution >= 0.6 is 0 Å². The Morgan fingerprint density at radius 1 is 1.10 bits per heavy atom. The fourth-order valence-corrected chi connectivity index (χ4v) is 1.76. The van der Waals surface area contributed by atoms with Crippen LogP contribution in [0.15, 0.2) is 47.5 Å². The molecule has 1 aromatic heterocycles. The lowest BCUT2D eigenvalue weighted by atomic mass is 10.2. The summed E-state index contributed by atoms with van der Waals surface area (Å²) >= 11 is 0. The number of amides is 2. The van der Waals surface area contributed by atoms with Crippen molar-refractivity contribution >= 4 is 17.5 Å². The molecule has 0 aliphatic carbocycles. The van der Waals surface area contributed by atoms with Crippen molar-refractivity contribution in [1.29, 1.82) is 0 Å². The van der Waals surface area contributed by atoms with Gasteiger partial charge in [0, 0.05) is 36.3 Å². The highest BCUT2D eigenvalue weighted by Crippen LogP contribution is 2.10. The molecule has 21 heavy (non-hydrogen) atoms. The lowest BCUT2D eigenvalue weighted by Crippen LogP contribution is -2.23. The third-order valence-electron chi connectivity index (χ3n) is 2.81. The van der Waals surface area contributed by atoms with Crippen LogP contribution in [0.4, 0.5) is 5.69 Å². The molecule has 0 bridgehead atoms.